The smallest absolute Gasteiger partial charge is 0.289 e. The van der Waals surface area contributed by atoms with Crippen molar-refractivity contribution in [1.29, 1.82) is 0 Å². The van der Waals surface area contributed by atoms with Crippen molar-refractivity contribution in [3.8, 4) is 5.75 Å². The predicted octanol–water partition coefficient (Wildman–Crippen LogP) is 3.34. The highest BCUT2D eigenvalue weighted by Crippen LogP contribution is 2.29. The first kappa shape index (κ1) is 24.4. The highest BCUT2D eigenvalue weighted by molar-refractivity contribution is 7.93. The van der Waals surface area contributed by atoms with Gasteiger partial charge in [-0.25, -0.2) is 13.8 Å². The normalized spacial score (nSPS) is 11.2. The number of benzene rings is 3. The van der Waals surface area contributed by atoms with Gasteiger partial charge in [0.1, 0.15) is 12.3 Å². The monoisotopic (exact) mass is 482 g/mol. The van der Waals surface area contributed by atoms with Crippen LogP contribution in [-0.2, 0) is 14.8 Å². The van der Waals surface area contributed by atoms with Gasteiger partial charge < -0.3 is 4.74 Å². The molecule has 0 bridgehead atoms. The fourth-order valence-electron chi connectivity index (χ4n) is 3.02. The Kier molecular flexibility index (Phi) is 7.93. The quantitative estimate of drug-likeness (QED) is 0.268. The number of anilines is 1. The van der Waals surface area contributed by atoms with Crippen molar-refractivity contribution >= 4 is 33.5 Å². The second-order valence-corrected chi connectivity index (χ2v) is 8.70. The van der Waals surface area contributed by atoms with E-state index in [1.54, 1.807) is 42.5 Å². The third-order valence-corrected chi connectivity index (χ3v) is 6.38. The van der Waals surface area contributed by atoms with Gasteiger partial charge in [0.05, 0.1) is 23.4 Å². The molecule has 0 aliphatic rings. The fourth-order valence-corrected chi connectivity index (χ4v) is 4.60. The van der Waals surface area contributed by atoms with Crippen LogP contribution < -0.4 is 14.5 Å². The van der Waals surface area contributed by atoms with Gasteiger partial charge in [0.25, 0.3) is 21.6 Å². The van der Waals surface area contributed by atoms with Crippen LogP contribution in [0.5, 0.6) is 5.75 Å². The zero-order valence-corrected chi connectivity index (χ0v) is 19.0. The summed E-state index contributed by atoms with van der Waals surface area (Å²) in [4.78, 5) is 22.7. The predicted molar refractivity (Wildman–Crippen MR) is 127 cm³/mol. The number of nitrogens with zero attached hydrogens (tertiary/aromatic N) is 3. The number of nitrogens with one attached hydrogen (secondary N) is 1. The second-order valence-electron chi connectivity index (χ2n) is 6.87. The van der Waals surface area contributed by atoms with Crippen LogP contribution in [0, 0.1) is 10.1 Å². The molecule has 0 aromatic heterocycles. The summed E-state index contributed by atoms with van der Waals surface area (Å²) < 4.78 is 32.9. The first-order valence-electron chi connectivity index (χ1n) is 10.2. The Hall–Kier alpha value is -4.25. The second kappa shape index (κ2) is 11.1. The number of nitro groups is 1. The molecular weight excluding hydrogens is 460 g/mol. The molecule has 3 aromatic carbocycles. The van der Waals surface area contributed by atoms with Gasteiger partial charge >= 0.3 is 0 Å². The number of carbonyl (C=O) groups excluding carboxylic acids is 1. The molecular formula is C23H22N4O6S. The molecule has 3 rings (SSSR count). The summed E-state index contributed by atoms with van der Waals surface area (Å²) in [5, 5.41) is 15.3. The molecule has 0 saturated heterocycles. The summed E-state index contributed by atoms with van der Waals surface area (Å²) in [6, 6.07) is 19.8. The SMILES string of the molecule is CCOc1ccc(C=NNC(=O)CN(c2ccccc2)S(=O)(=O)c2ccccc2[N+](=O)[O-])cc1. The van der Waals surface area contributed by atoms with E-state index in [0.717, 1.165) is 16.4 Å². The molecule has 34 heavy (non-hydrogen) atoms. The van der Waals surface area contributed by atoms with Crippen LogP contribution in [0.25, 0.3) is 0 Å². The molecule has 0 saturated carbocycles. The molecule has 0 spiro atoms. The maximum atomic E-state index is 13.4. The number of carbonyl (C=O) groups is 1. The van der Waals surface area contributed by atoms with E-state index in [-0.39, 0.29) is 5.69 Å². The van der Waals surface area contributed by atoms with Gasteiger partial charge in [-0.1, -0.05) is 30.3 Å². The minimum Gasteiger partial charge on any atom is -0.494 e. The molecule has 0 fully saturated rings. The third-order valence-electron chi connectivity index (χ3n) is 4.56. The van der Waals surface area contributed by atoms with Crippen LogP contribution in [0.2, 0.25) is 0 Å². The molecule has 0 radical (unpaired) electrons. The molecule has 0 aliphatic carbocycles. The largest absolute Gasteiger partial charge is 0.494 e. The van der Waals surface area contributed by atoms with Crippen molar-refractivity contribution in [1.82, 2.24) is 5.43 Å². The number of rotatable bonds is 10. The highest BCUT2D eigenvalue weighted by Gasteiger charge is 2.32. The third kappa shape index (κ3) is 5.95. The average Bonchev–Trinajstić information content (AvgIpc) is 2.84. The van der Waals surface area contributed by atoms with Crippen molar-refractivity contribution in [3.05, 3.63) is 94.5 Å². The number of nitro benzene ring substituents is 1. The maximum Gasteiger partial charge on any atom is 0.289 e. The van der Waals surface area contributed by atoms with E-state index in [1.165, 1.54) is 30.5 Å². The highest BCUT2D eigenvalue weighted by atomic mass is 32.2. The molecule has 1 N–H and O–H groups in total. The Morgan fingerprint density at radius 3 is 2.35 bits per heavy atom. The first-order valence-corrected chi connectivity index (χ1v) is 11.6. The van der Waals surface area contributed by atoms with Crippen LogP contribution >= 0.6 is 0 Å². The number of hydrogen-bond acceptors (Lipinski definition) is 7. The van der Waals surface area contributed by atoms with Crippen LogP contribution in [0.3, 0.4) is 0 Å². The van der Waals surface area contributed by atoms with Gasteiger partial charge in [-0.05, 0) is 55.0 Å². The Bertz CT molecular complexity index is 1280. The summed E-state index contributed by atoms with van der Waals surface area (Å²) in [6.07, 6.45) is 1.40. The van der Waals surface area contributed by atoms with E-state index in [2.05, 4.69) is 10.5 Å². The van der Waals surface area contributed by atoms with E-state index in [4.69, 9.17) is 4.74 Å². The number of hydrogen-bond donors (Lipinski definition) is 1. The lowest BCUT2D eigenvalue weighted by molar-refractivity contribution is -0.387. The van der Waals surface area contributed by atoms with Crippen LogP contribution in [-0.4, -0.2) is 38.6 Å². The Morgan fingerprint density at radius 2 is 1.71 bits per heavy atom. The van der Waals surface area contributed by atoms with E-state index < -0.39 is 38.0 Å². The van der Waals surface area contributed by atoms with Crippen molar-refractivity contribution in [3.63, 3.8) is 0 Å². The maximum absolute atomic E-state index is 13.4. The number of para-hydroxylation sites is 2. The zero-order chi connectivity index (χ0) is 24.6. The fraction of sp³-hybridized carbons (Fsp3) is 0.130. The lowest BCUT2D eigenvalue weighted by atomic mass is 10.2. The summed E-state index contributed by atoms with van der Waals surface area (Å²) in [5.41, 5.74) is 2.57. The van der Waals surface area contributed by atoms with Gasteiger partial charge in [0, 0.05) is 6.07 Å². The van der Waals surface area contributed by atoms with E-state index in [0.29, 0.717) is 17.9 Å². The first-order chi connectivity index (χ1) is 16.3. The minimum atomic E-state index is -4.45. The van der Waals surface area contributed by atoms with E-state index in [1.807, 2.05) is 6.92 Å². The topological polar surface area (TPSA) is 131 Å². The molecule has 10 nitrogen and oxygen atoms in total. The van der Waals surface area contributed by atoms with Gasteiger partial charge in [-0.3, -0.25) is 19.2 Å². The molecule has 0 heterocycles. The van der Waals surface area contributed by atoms with Crippen LogP contribution in [0.4, 0.5) is 11.4 Å². The van der Waals surface area contributed by atoms with Crippen LogP contribution in [0.15, 0.2) is 88.9 Å². The average molecular weight is 483 g/mol. The Morgan fingerprint density at radius 1 is 1.06 bits per heavy atom. The van der Waals surface area contributed by atoms with Crippen molar-refractivity contribution < 1.29 is 22.9 Å². The molecule has 0 aliphatic heterocycles. The molecule has 176 valence electrons. The summed E-state index contributed by atoms with van der Waals surface area (Å²) in [7, 11) is -4.45. The molecule has 0 atom stereocenters. The van der Waals surface area contributed by atoms with Gasteiger partial charge in [-0.2, -0.15) is 5.10 Å². The van der Waals surface area contributed by atoms with Gasteiger partial charge in [-0.15, -0.1) is 0 Å². The summed E-state index contributed by atoms with van der Waals surface area (Å²) in [5.74, 6) is -0.0319. The summed E-state index contributed by atoms with van der Waals surface area (Å²) in [6.45, 7) is 1.77. The molecule has 11 heteroatoms. The zero-order valence-electron chi connectivity index (χ0n) is 18.2. The molecule has 1 amide bonds. The van der Waals surface area contributed by atoms with Crippen molar-refractivity contribution in [2.24, 2.45) is 5.10 Å². The van der Waals surface area contributed by atoms with Crippen LogP contribution in [0.1, 0.15) is 12.5 Å². The number of sulfonamides is 1. The van der Waals surface area contributed by atoms with Gasteiger partial charge in [0.15, 0.2) is 4.90 Å². The molecule has 3 aromatic rings. The number of hydrazone groups is 1. The molecule has 0 unspecified atom stereocenters. The van der Waals surface area contributed by atoms with Crippen molar-refractivity contribution in [2.75, 3.05) is 17.5 Å². The summed E-state index contributed by atoms with van der Waals surface area (Å²) >= 11 is 0. The van der Waals surface area contributed by atoms with Gasteiger partial charge in [0.2, 0.25) is 0 Å². The lowest BCUT2D eigenvalue weighted by Crippen LogP contribution is -2.39. The lowest BCUT2D eigenvalue weighted by Gasteiger charge is -2.23. The van der Waals surface area contributed by atoms with Crippen molar-refractivity contribution in [2.45, 2.75) is 11.8 Å². The Labute approximate surface area is 196 Å². The Balaban J connectivity index is 1.82. The van der Waals surface area contributed by atoms with E-state index >= 15 is 0 Å². The van der Waals surface area contributed by atoms with E-state index in [9.17, 15) is 23.3 Å². The standard InChI is InChI=1S/C23H22N4O6S/c1-2-33-20-14-12-18(13-15-20)16-24-25-23(28)17-26(19-8-4-3-5-9-19)34(31,32)22-11-7-6-10-21(22)27(29)30/h3-16H,2,17H2,1H3,(H,25,28). The minimum absolute atomic E-state index is 0.172. The number of amides is 1. The number of ether oxygens (including phenoxy) is 1.